The lowest BCUT2D eigenvalue weighted by Gasteiger charge is -2.43. The predicted molar refractivity (Wildman–Crippen MR) is 81.0 cm³/mol. The Morgan fingerprint density at radius 3 is 2.62 bits per heavy atom. The van der Waals surface area contributed by atoms with E-state index in [1.165, 1.54) is 7.11 Å². The molecule has 4 nitrogen and oxygen atoms in total. The van der Waals surface area contributed by atoms with Crippen LogP contribution in [0.25, 0.3) is 0 Å². The molecule has 0 unspecified atom stereocenters. The Bertz CT molecular complexity index is 473. The van der Waals surface area contributed by atoms with E-state index in [9.17, 15) is 9.50 Å². The third-order valence-corrected chi connectivity index (χ3v) is 4.17. The van der Waals surface area contributed by atoms with Crippen molar-refractivity contribution in [2.24, 2.45) is 5.41 Å². The van der Waals surface area contributed by atoms with Gasteiger partial charge >= 0.3 is 0 Å². The second-order valence-corrected chi connectivity index (χ2v) is 6.20. The number of ether oxygens (including phenoxy) is 1. The van der Waals surface area contributed by atoms with Gasteiger partial charge in [0.15, 0.2) is 11.6 Å². The number of nitrogens with one attached hydrogen (secondary N) is 1. The molecule has 21 heavy (non-hydrogen) atoms. The van der Waals surface area contributed by atoms with Gasteiger partial charge in [-0.2, -0.15) is 0 Å². The minimum atomic E-state index is -0.440. The summed E-state index contributed by atoms with van der Waals surface area (Å²) in [7, 11) is 1.47. The van der Waals surface area contributed by atoms with Gasteiger partial charge in [0.1, 0.15) is 0 Å². The molecular formula is C16H25FN2O2. The standard InChI is InChI=1S/C16H25FN2O2/c1-16(2,11-20)15(19-9-7-18-8-10-19)12-5-4-6-13(21-3)14(12)17/h4-6,15,18,20H,7-11H2,1-3H3/t15-/m0/s1. The molecule has 5 heteroatoms. The smallest absolute Gasteiger partial charge is 0.169 e. The largest absolute Gasteiger partial charge is 0.494 e. The molecule has 1 atom stereocenters. The molecule has 0 aliphatic carbocycles. The van der Waals surface area contributed by atoms with Gasteiger partial charge in [0.2, 0.25) is 0 Å². The zero-order chi connectivity index (χ0) is 15.5. The van der Waals surface area contributed by atoms with E-state index in [1.54, 1.807) is 18.2 Å². The van der Waals surface area contributed by atoms with Crippen molar-refractivity contribution >= 4 is 0 Å². The van der Waals surface area contributed by atoms with E-state index >= 15 is 0 Å². The van der Waals surface area contributed by atoms with E-state index in [0.717, 1.165) is 26.2 Å². The summed E-state index contributed by atoms with van der Waals surface area (Å²) >= 11 is 0. The first-order valence-electron chi connectivity index (χ1n) is 7.39. The van der Waals surface area contributed by atoms with E-state index in [0.29, 0.717) is 5.56 Å². The number of halogens is 1. The van der Waals surface area contributed by atoms with Crippen LogP contribution >= 0.6 is 0 Å². The Labute approximate surface area is 125 Å². The number of aliphatic hydroxyl groups is 1. The first kappa shape index (κ1) is 16.2. The molecule has 1 aromatic rings. The number of benzene rings is 1. The summed E-state index contributed by atoms with van der Waals surface area (Å²) in [5.74, 6) is -0.0774. The van der Waals surface area contributed by atoms with Crippen LogP contribution in [0.15, 0.2) is 18.2 Å². The van der Waals surface area contributed by atoms with Gasteiger partial charge in [-0.05, 0) is 6.07 Å². The van der Waals surface area contributed by atoms with Crippen LogP contribution in [0.2, 0.25) is 0 Å². The number of piperazine rings is 1. The molecule has 0 radical (unpaired) electrons. The Morgan fingerprint density at radius 1 is 1.38 bits per heavy atom. The maximum atomic E-state index is 14.7. The highest BCUT2D eigenvalue weighted by Crippen LogP contribution is 2.40. The maximum absolute atomic E-state index is 14.7. The van der Waals surface area contributed by atoms with Crippen LogP contribution in [0.4, 0.5) is 4.39 Å². The highest BCUT2D eigenvalue weighted by atomic mass is 19.1. The van der Waals surface area contributed by atoms with Crippen LogP contribution in [-0.4, -0.2) is 49.9 Å². The monoisotopic (exact) mass is 296 g/mol. The minimum Gasteiger partial charge on any atom is -0.494 e. The van der Waals surface area contributed by atoms with Crippen LogP contribution < -0.4 is 10.1 Å². The lowest BCUT2D eigenvalue weighted by Crippen LogP contribution is -2.49. The summed E-state index contributed by atoms with van der Waals surface area (Å²) in [4.78, 5) is 2.24. The van der Waals surface area contributed by atoms with Crippen LogP contribution in [0.1, 0.15) is 25.5 Å². The van der Waals surface area contributed by atoms with Gasteiger partial charge in [-0.25, -0.2) is 4.39 Å². The average molecular weight is 296 g/mol. The predicted octanol–water partition coefficient (Wildman–Crippen LogP) is 1.80. The molecular weight excluding hydrogens is 271 g/mol. The summed E-state index contributed by atoms with van der Waals surface area (Å²) in [5.41, 5.74) is 0.153. The molecule has 1 aromatic carbocycles. The van der Waals surface area contributed by atoms with Crippen LogP contribution in [0.5, 0.6) is 5.75 Å². The normalized spacial score (nSPS) is 18.5. The van der Waals surface area contributed by atoms with Gasteiger partial charge < -0.3 is 15.2 Å². The molecule has 2 N–H and O–H groups in total. The van der Waals surface area contributed by atoms with Crippen molar-refractivity contribution < 1.29 is 14.2 Å². The summed E-state index contributed by atoms with van der Waals surface area (Å²) < 4.78 is 19.8. The summed E-state index contributed by atoms with van der Waals surface area (Å²) in [6.45, 7) is 7.37. The van der Waals surface area contributed by atoms with E-state index < -0.39 is 5.41 Å². The third kappa shape index (κ3) is 3.36. The molecule has 0 bridgehead atoms. The van der Waals surface area contributed by atoms with Gasteiger partial charge in [0.25, 0.3) is 0 Å². The van der Waals surface area contributed by atoms with Crippen molar-refractivity contribution in [3.05, 3.63) is 29.6 Å². The number of hydrogen-bond donors (Lipinski definition) is 2. The van der Waals surface area contributed by atoms with Crippen molar-refractivity contribution in [1.82, 2.24) is 10.2 Å². The highest BCUT2D eigenvalue weighted by molar-refractivity contribution is 5.34. The lowest BCUT2D eigenvalue weighted by atomic mass is 9.79. The van der Waals surface area contributed by atoms with Crippen molar-refractivity contribution in [3.8, 4) is 5.75 Å². The van der Waals surface area contributed by atoms with E-state index in [-0.39, 0.29) is 24.2 Å². The number of methoxy groups -OCH3 is 1. The van der Waals surface area contributed by atoms with E-state index in [2.05, 4.69) is 10.2 Å². The lowest BCUT2D eigenvalue weighted by molar-refractivity contribution is 0.0284. The van der Waals surface area contributed by atoms with Crippen molar-refractivity contribution in [2.45, 2.75) is 19.9 Å². The minimum absolute atomic E-state index is 0.00174. The van der Waals surface area contributed by atoms with Gasteiger partial charge in [-0.1, -0.05) is 26.0 Å². The van der Waals surface area contributed by atoms with Crippen LogP contribution in [0, 0.1) is 11.2 Å². The molecule has 0 aromatic heterocycles. The molecule has 1 saturated heterocycles. The quantitative estimate of drug-likeness (QED) is 0.870. The molecule has 2 rings (SSSR count). The fourth-order valence-electron chi connectivity index (χ4n) is 3.04. The molecule has 0 amide bonds. The second-order valence-electron chi connectivity index (χ2n) is 6.20. The third-order valence-electron chi connectivity index (χ3n) is 4.17. The molecule has 1 fully saturated rings. The molecule has 118 valence electrons. The highest BCUT2D eigenvalue weighted by Gasteiger charge is 2.37. The van der Waals surface area contributed by atoms with Gasteiger partial charge in [0, 0.05) is 49.8 Å². The number of aliphatic hydroxyl groups excluding tert-OH is 1. The number of nitrogens with zero attached hydrogens (tertiary/aromatic N) is 1. The molecule has 1 heterocycles. The zero-order valence-electron chi connectivity index (χ0n) is 13.0. The Morgan fingerprint density at radius 2 is 2.05 bits per heavy atom. The molecule has 0 saturated carbocycles. The van der Waals surface area contributed by atoms with E-state index in [4.69, 9.17) is 4.74 Å². The molecule has 1 aliphatic rings. The zero-order valence-corrected chi connectivity index (χ0v) is 13.0. The fraction of sp³-hybridized carbons (Fsp3) is 0.625. The number of rotatable bonds is 5. The SMILES string of the molecule is COc1cccc([C@H](N2CCNCC2)C(C)(C)CO)c1F. The maximum Gasteiger partial charge on any atom is 0.169 e. The topological polar surface area (TPSA) is 44.7 Å². The first-order valence-corrected chi connectivity index (χ1v) is 7.39. The van der Waals surface area contributed by atoms with Gasteiger partial charge in [0.05, 0.1) is 7.11 Å². The molecule has 1 aliphatic heterocycles. The van der Waals surface area contributed by atoms with Crippen LogP contribution in [0.3, 0.4) is 0 Å². The van der Waals surface area contributed by atoms with Gasteiger partial charge in [-0.15, -0.1) is 0 Å². The Hall–Kier alpha value is -1.17. The van der Waals surface area contributed by atoms with E-state index in [1.807, 2.05) is 13.8 Å². The van der Waals surface area contributed by atoms with Crippen molar-refractivity contribution in [3.63, 3.8) is 0 Å². The molecule has 0 spiro atoms. The van der Waals surface area contributed by atoms with Gasteiger partial charge in [-0.3, -0.25) is 4.90 Å². The Kier molecular flexibility index (Phi) is 5.19. The van der Waals surface area contributed by atoms with Crippen molar-refractivity contribution in [1.29, 1.82) is 0 Å². The van der Waals surface area contributed by atoms with Crippen LogP contribution in [-0.2, 0) is 0 Å². The van der Waals surface area contributed by atoms with Crippen molar-refractivity contribution in [2.75, 3.05) is 39.9 Å². The summed E-state index contributed by atoms with van der Waals surface area (Å²) in [5, 5.41) is 13.1. The fourth-order valence-corrected chi connectivity index (χ4v) is 3.04. The summed E-state index contributed by atoms with van der Waals surface area (Å²) in [6.07, 6.45) is 0. The second kappa shape index (κ2) is 6.73. The number of hydrogen-bond acceptors (Lipinski definition) is 4. The average Bonchev–Trinajstić information content (AvgIpc) is 2.50. The summed E-state index contributed by atoms with van der Waals surface area (Å²) in [6, 6.07) is 5.04. The first-order chi connectivity index (χ1) is 10.0. The Balaban J connectivity index is 2.44.